The fourth-order valence-corrected chi connectivity index (χ4v) is 2.99. The summed E-state index contributed by atoms with van der Waals surface area (Å²) in [4.78, 5) is 4.33. The van der Waals surface area contributed by atoms with Crippen molar-refractivity contribution in [3.8, 4) is 0 Å². The van der Waals surface area contributed by atoms with Gasteiger partial charge in [-0.25, -0.2) is 0 Å². The third kappa shape index (κ3) is 2.57. The summed E-state index contributed by atoms with van der Waals surface area (Å²) in [6, 6.07) is 4.85. The maximum atomic E-state index is 5.95. The number of ether oxygens (including phenoxy) is 1. The summed E-state index contributed by atoms with van der Waals surface area (Å²) in [5, 5.41) is 3.66. The van der Waals surface area contributed by atoms with Crippen molar-refractivity contribution in [2.75, 3.05) is 6.61 Å². The molecular formula is C15H22N2O. The fourth-order valence-electron chi connectivity index (χ4n) is 2.99. The first kappa shape index (κ1) is 12.1. The molecule has 1 atom stereocenters. The van der Waals surface area contributed by atoms with Crippen LogP contribution in [0, 0.1) is 6.92 Å². The molecule has 1 spiro atoms. The van der Waals surface area contributed by atoms with Crippen LogP contribution in [0.4, 0.5) is 0 Å². The van der Waals surface area contributed by atoms with Crippen LogP contribution in [0.5, 0.6) is 0 Å². The van der Waals surface area contributed by atoms with Gasteiger partial charge in [0.1, 0.15) is 0 Å². The highest BCUT2D eigenvalue weighted by Crippen LogP contribution is 2.42. The molecule has 1 saturated heterocycles. The molecule has 0 amide bonds. The van der Waals surface area contributed by atoms with Gasteiger partial charge in [-0.15, -0.1) is 0 Å². The average Bonchev–Trinajstić information content (AvgIpc) is 2.37. The molecule has 2 heterocycles. The first-order chi connectivity index (χ1) is 8.76. The second-order valence-electron chi connectivity index (χ2n) is 5.76. The highest BCUT2D eigenvalue weighted by atomic mass is 16.5. The number of aromatic nitrogens is 1. The lowest BCUT2D eigenvalue weighted by Gasteiger charge is -2.47. The molecule has 0 aromatic carbocycles. The SMILES string of the molecule is Cc1ccc(CNC2CCOC3(CCC3)C2)cn1. The number of hydrogen-bond acceptors (Lipinski definition) is 3. The molecule has 1 aliphatic carbocycles. The topological polar surface area (TPSA) is 34.1 Å². The van der Waals surface area contributed by atoms with E-state index in [4.69, 9.17) is 4.74 Å². The predicted octanol–water partition coefficient (Wildman–Crippen LogP) is 2.58. The Morgan fingerprint density at radius 1 is 1.44 bits per heavy atom. The lowest BCUT2D eigenvalue weighted by molar-refractivity contribution is -0.135. The molecule has 1 N–H and O–H groups in total. The van der Waals surface area contributed by atoms with Crippen molar-refractivity contribution in [3.05, 3.63) is 29.6 Å². The van der Waals surface area contributed by atoms with E-state index in [1.54, 1.807) is 0 Å². The van der Waals surface area contributed by atoms with Crippen LogP contribution >= 0.6 is 0 Å². The molecule has 2 fully saturated rings. The molecule has 0 radical (unpaired) electrons. The molecule has 2 aliphatic rings. The van der Waals surface area contributed by atoms with Crippen LogP contribution in [0.15, 0.2) is 18.3 Å². The number of aryl methyl sites for hydroxylation is 1. The van der Waals surface area contributed by atoms with Gasteiger partial charge in [0, 0.05) is 31.1 Å². The van der Waals surface area contributed by atoms with Crippen molar-refractivity contribution in [2.45, 2.75) is 57.2 Å². The number of nitrogens with one attached hydrogen (secondary N) is 1. The molecule has 98 valence electrons. The number of nitrogens with zero attached hydrogens (tertiary/aromatic N) is 1. The molecule has 1 aromatic heterocycles. The third-order valence-corrected chi connectivity index (χ3v) is 4.33. The van der Waals surface area contributed by atoms with Gasteiger partial charge in [0.15, 0.2) is 0 Å². The van der Waals surface area contributed by atoms with Crippen LogP contribution < -0.4 is 5.32 Å². The smallest absolute Gasteiger partial charge is 0.0697 e. The van der Waals surface area contributed by atoms with Crippen LogP contribution in [0.2, 0.25) is 0 Å². The van der Waals surface area contributed by atoms with Crippen molar-refractivity contribution in [1.29, 1.82) is 0 Å². The van der Waals surface area contributed by atoms with Gasteiger partial charge in [-0.2, -0.15) is 0 Å². The van der Waals surface area contributed by atoms with E-state index < -0.39 is 0 Å². The average molecular weight is 246 g/mol. The van der Waals surface area contributed by atoms with Crippen LogP contribution in [-0.2, 0) is 11.3 Å². The molecule has 0 bridgehead atoms. The largest absolute Gasteiger partial charge is 0.375 e. The zero-order valence-electron chi connectivity index (χ0n) is 11.1. The van der Waals surface area contributed by atoms with Crippen molar-refractivity contribution in [2.24, 2.45) is 0 Å². The van der Waals surface area contributed by atoms with Crippen molar-refractivity contribution >= 4 is 0 Å². The Labute approximate surface area is 109 Å². The molecule has 1 saturated carbocycles. The Balaban J connectivity index is 1.52. The normalized spacial score (nSPS) is 25.9. The first-order valence-electron chi connectivity index (χ1n) is 7.05. The van der Waals surface area contributed by atoms with Crippen LogP contribution in [0.1, 0.15) is 43.4 Å². The molecule has 1 aliphatic heterocycles. The minimum atomic E-state index is 0.238. The Hall–Kier alpha value is -0.930. The Bertz CT molecular complexity index is 397. The van der Waals surface area contributed by atoms with Gasteiger partial charge in [-0.1, -0.05) is 6.07 Å². The summed E-state index contributed by atoms with van der Waals surface area (Å²) < 4.78 is 5.95. The second-order valence-corrected chi connectivity index (χ2v) is 5.76. The van der Waals surface area contributed by atoms with E-state index >= 15 is 0 Å². The minimum Gasteiger partial charge on any atom is -0.375 e. The zero-order chi connectivity index (χ0) is 12.4. The van der Waals surface area contributed by atoms with E-state index in [9.17, 15) is 0 Å². The second kappa shape index (κ2) is 4.98. The maximum absolute atomic E-state index is 5.95. The Morgan fingerprint density at radius 3 is 3.00 bits per heavy atom. The molecule has 1 aromatic rings. The van der Waals surface area contributed by atoms with Gasteiger partial charge in [0.05, 0.1) is 5.60 Å². The van der Waals surface area contributed by atoms with E-state index in [0.717, 1.165) is 25.3 Å². The van der Waals surface area contributed by atoms with Crippen LogP contribution in [-0.4, -0.2) is 23.2 Å². The molecule has 1 unspecified atom stereocenters. The van der Waals surface area contributed by atoms with Gasteiger partial charge in [-0.3, -0.25) is 4.98 Å². The Kier molecular flexibility index (Phi) is 3.35. The summed E-state index contributed by atoms with van der Waals surface area (Å²) in [7, 11) is 0. The standard InChI is InChI=1S/C15H22N2O/c1-12-3-4-13(10-16-12)11-17-14-5-8-18-15(9-14)6-2-7-15/h3-4,10,14,17H,2,5-9,11H2,1H3. The van der Waals surface area contributed by atoms with Gasteiger partial charge < -0.3 is 10.1 Å². The molecule has 3 nitrogen and oxygen atoms in total. The summed E-state index contributed by atoms with van der Waals surface area (Å²) in [6.07, 6.45) is 8.16. The van der Waals surface area contributed by atoms with Crippen molar-refractivity contribution in [3.63, 3.8) is 0 Å². The maximum Gasteiger partial charge on any atom is 0.0697 e. The van der Waals surface area contributed by atoms with Crippen molar-refractivity contribution in [1.82, 2.24) is 10.3 Å². The lowest BCUT2D eigenvalue weighted by Crippen LogP contribution is -2.50. The van der Waals surface area contributed by atoms with E-state index in [-0.39, 0.29) is 5.60 Å². The number of rotatable bonds is 3. The molecular weight excluding hydrogens is 224 g/mol. The Morgan fingerprint density at radius 2 is 2.33 bits per heavy atom. The van der Waals surface area contributed by atoms with Crippen molar-refractivity contribution < 1.29 is 4.74 Å². The summed E-state index contributed by atoms with van der Waals surface area (Å²) in [6.45, 7) is 3.87. The molecule has 3 rings (SSSR count). The van der Waals surface area contributed by atoms with Gasteiger partial charge in [0.25, 0.3) is 0 Å². The first-order valence-corrected chi connectivity index (χ1v) is 7.05. The van der Waals surface area contributed by atoms with E-state index in [1.165, 1.54) is 31.2 Å². The highest BCUT2D eigenvalue weighted by Gasteiger charge is 2.42. The number of pyridine rings is 1. The minimum absolute atomic E-state index is 0.238. The summed E-state index contributed by atoms with van der Waals surface area (Å²) in [5.74, 6) is 0. The molecule has 3 heteroatoms. The number of hydrogen-bond donors (Lipinski definition) is 1. The van der Waals surface area contributed by atoms with E-state index in [0.29, 0.717) is 6.04 Å². The fraction of sp³-hybridized carbons (Fsp3) is 0.667. The van der Waals surface area contributed by atoms with Crippen LogP contribution in [0.3, 0.4) is 0 Å². The van der Waals surface area contributed by atoms with Gasteiger partial charge >= 0.3 is 0 Å². The zero-order valence-corrected chi connectivity index (χ0v) is 11.1. The quantitative estimate of drug-likeness (QED) is 0.890. The third-order valence-electron chi connectivity index (χ3n) is 4.33. The lowest BCUT2D eigenvalue weighted by atomic mass is 9.74. The molecule has 18 heavy (non-hydrogen) atoms. The van der Waals surface area contributed by atoms with Gasteiger partial charge in [0.2, 0.25) is 0 Å². The van der Waals surface area contributed by atoms with E-state index in [2.05, 4.69) is 22.4 Å². The summed E-state index contributed by atoms with van der Waals surface area (Å²) in [5.41, 5.74) is 2.59. The predicted molar refractivity (Wildman–Crippen MR) is 71.4 cm³/mol. The van der Waals surface area contributed by atoms with E-state index in [1.807, 2.05) is 13.1 Å². The van der Waals surface area contributed by atoms with Crippen LogP contribution in [0.25, 0.3) is 0 Å². The summed E-state index contributed by atoms with van der Waals surface area (Å²) >= 11 is 0. The monoisotopic (exact) mass is 246 g/mol. The van der Waals surface area contributed by atoms with Gasteiger partial charge in [-0.05, 0) is 50.7 Å². The highest BCUT2D eigenvalue weighted by molar-refractivity contribution is 5.13.